The molecule has 0 amide bonds. The smallest absolute Gasteiger partial charge is 0.122 e. The highest BCUT2D eigenvalue weighted by Crippen LogP contribution is 2.41. The van der Waals surface area contributed by atoms with Gasteiger partial charge in [0.2, 0.25) is 0 Å². The van der Waals surface area contributed by atoms with Crippen molar-refractivity contribution >= 4 is 27.3 Å². The molecule has 20 heavy (non-hydrogen) atoms. The van der Waals surface area contributed by atoms with Gasteiger partial charge in [0.15, 0.2) is 0 Å². The molecule has 1 fully saturated rings. The highest BCUT2D eigenvalue weighted by atomic mass is 79.9. The fraction of sp³-hybridized carbons (Fsp3) is 0.375. The highest BCUT2D eigenvalue weighted by molar-refractivity contribution is 9.10. The number of hydrogen-bond acceptors (Lipinski definition) is 3. The van der Waals surface area contributed by atoms with Gasteiger partial charge in [-0.2, -0.15) is 0 Å². The van der Waals surface area contributed by atoms with E-state index < -0.39 is 0 Å². The number of benzene rings is 1. The minimum absolute atomic E-state index is 0.624. The molecular weight excluding hydrogens is 334 g/mol. The Hall–Kier alpha value is -0.840. The maximum atomic E-state index is 5.45. The van der Waals surface area contributed by atoms with E-state index in [0.717, 1.165) is 12.3 Å². The maximum Gasteiger partial charge on any atom is 0.122 e. The Morgan fingerprint density at radius 3 is 2.80 bits per heavy atom. The molecule has 1 heterocycles. The summed E-state index contributed by atoms with van der Waals surface area (Å²) in [6, 6.07) is 11.1. The van der Waals surface area contributed by atoms with Gasteiger partial charge in [0.05, 0.1) is 7.11 Å². The van der Waals surface area contributed by atoms with Crippen molar-refractivity contribution in [2.75, 3.05) is 7.11 Å². The van der Waals surface area contributed by atoms with Crippen molar-refractivity contribution in [2.24, 2.45) is 0 Å². The molecule has 0 bridgehead atoms. The lowest BCUT2D eigenvalue weighted by Gasteiger charge is -2.37. The third kappa shape index (κ3) is 2.92. The number of para-hydroxylation sites is 1. The van der Waals surface area contributed by atoms with Crippen molar-refractivity contribution in [3.8, 4) is 5.75 Å². The number of hydrogen-bond donors (Lipinski definition) is 1. The first-order chi connectivity index (χ1) is 9.78. The Balaban J connectivity index is 1.53. The van der Waals surface area contributed by atoms with Crippen LogP contribution >= 0.6 is 27.3 Å². The molecule has 2 aromatic rings. The Morgan fingerprint density at radius 1 is 1.30 bits per heavy atom. The fourth-order valence-electron chi connectivity index (χ4n) is 2.73. The van der Waals surface area contributed by atoms with E-state index in [0.29, 0.717) is 12.0 Å². The van der Waals surface area contributed by atoms with E-state index in [1.165, 1.54) is 27.8 Å². The van der Waals surface area contributed by atoms with Crippen LogP contribution in [0.4, 0.5) is 0 Å². The van der Waals surface area contributed by atoms with Gasteiger partial charge in [-0.15, -0.1) is 11.3 Å². The van der Waals surface area contributed by atoms with Crippen molar-refractivity contribution in [1.29, 1.82) is 0 Å². The summed E-state index contributed by atoms with van der Waals surface area (Å²) in [6.45, 7) is 0.960. The zero-order chi connectivity index (χ0) is 13.9. The molecule has 0 saturated heterocycles. The second kappa shape index (κ2) is 6.29. The molecule has 106 valence electrons. The van der Waals surface area contributed by atoms with Gasteiger partial charge in [-0.05, 0) is 57.8 Å². The van der Waals surface area contributed by atoms with Crippen LogP contribution in [0.15, 0.2) is 40.2 Å². The van der Waals surface area contributed by atoms with Crippen molar-refractivity contribution in [2.45, 2.75) is 31.3 Å². The summed E-state index contributed by atoms with van der Waals surface area (Å²) in [6.07, 6.45) is 2.40. The van der Waals surface area contributed by atoms with Crippen LogP contribution in [-0.4, -0.2) is 13.2 Å². The maximum absolute atomic E-state index is 5.45. The Labute approximate surface area is 132 Å². The monoisotopic (exact) mass is 351 g/mol. The molecular formula is C16H18BrNOS. The molecule has 1 saturated carbocycles. The number of rotatable bonds is 5. The quantitative estimate of drug-likeness (QED) is 0.852. The highest BCUT2D eigenvalue weighted by Gasteiger charge is 2.31. The van der Waals surface area contributed by atoms with E-state index in [4.69, 9.17) is 4.74 Å². The average molecular weight is 352 g/mol. The largest absolute Gasteiger partial charge is 0.496 e. The second-order valence-corrected chi connectivity index (χ2v) is 7.03. The predicted octanol–water partition coefficient (Wildman–Crippen LogP) is 4.56. The molecule has 1 aliphatic rings. The Morgan fingerprint density at radius 2 is 2.10 bits per heavy atom. The summed E-state index contributed by atoms with van der Waals surface area (Å²) >= 11 is 5.38. The Bertz CT molecular complexity index is 577. The number of methoxy groups -OCH3 is 1. The SMILES string of the molecule is COc1ccccc1C1CC(NCc2sccc2Br)C1. The van der Waals surface area contributed by atoms with E-state index in [9.17, 15) is 0 Å². The van der Waals surface area contributed by atoms with Crippen LogP contribution in [0.3, 0.4) is 0 Å². The molecule has 1 aromatic carbocycles. The summed E-state index contributed by atoms with van der Waals surface area (Å²) in [5, 5.41) is 5.76. The van der Waals surface area contributed by atoms with E-state index in [2.05, 4.69) is 50.9 Å². The van der Waals surface area contributed by atoms with Crippen LogP contribution in [0.1, 0.15) is 29.2 Å². The first-order valence-electron chi connectivity index (χ1n) is 6.86. The third-order valence-corrected chi connectivity index (χ3v) is 5.89. The number of ether oxygens (including phenoxy) is 1. The summed E-state index contributed by atoms with van der Waals surface area (Å²) in [4.78, 5) is 1.38. The minimum atomic E-state index is 0.624. The zero-order valence-corrected chi connectivity index (χ0v) is 13.8. The predicted molar refractivity (Wildman–Crippen MR) is 87.6 cm³/mol. The molecule has 0 aliphatic heterocycles. The van der Waals surface area contributed by atoms with E-state index in [1.54, 1.807) is 18.4 Å². The van der Waals surface area contributed by atoms with Gasteiger partial charge < -0.3 is 10.1 Å². The molecule has 0 spiro atoms. The van der Waals surface area contributed by atoms with Crippen LogP contribution in [0.5, 0.6) is 5.75 Å². The van der Waals surface area contributed by atoms with Crippen LogP contribution < -0.4 is 10.1 Å². The van der Waals surface area contributed by atoms with Crippen molar-refractivity contribution in [3.05, 3.63) is 50.6 Å². The zero-order valence-electron chi connectivity index (χ0n) is 11.4. The average Bonchev–Trinajstić information content (AvgIpc) is 2.83. The molecule has 1 aliphatic carbocycles. The molecule has 1 N–H and O–H groups in total. The second-order valence-electron chi connectivity index (χ2n) is 5.18. The van der Waals surface area contributed by atoms with Gasteiger partial charge in [0, 0.05) is 21.9 Å². The lowest BCUT2D eigenvalue weighted by atomic mass is 9.75. The van der Waals surface area contributed by atoms with Crippen LogP contribution in [-0.2, 0) is 6.54 Å². The molecule has 1 aromatic heterocycles. The summed E-state index contributed by atoms with van der Waals surface area (Å²) in [5.74, 6) is 1.66. The fourth-order valence-corrected chi connectivity index (χ4v) is 4.17. The first kappa shape index (κ1) is 14.1. The standard InChI is InChI=1S/C16H18BrNOS/c1-19-15-5-3-2-4-13(15)11-8-12(9-11)18-10-16-14(17)6-7-20-16/h2-7,11-12,18H,8-10H2,1H3. The molecule has 4 heteroatoms. The van der Waals surface area contributed by atoms with Gasteiger partial charge in [-0.25, -0.2) is 0 Å². The van der Waals surface area contributed by atoms with Crippen LogP contribution in [0.2, 0.25) is 0 Å². The normalized spacial score (nSPS) is 21.5. The van der Waals surface area contributed by atoms with Gasteiger partial charge in [-0.3, -0.25) is 0 Å². The van der Waals surface area contributed by atoms with Gasteiger partial charge in [-0.1, -0.05) is 18.2 Å². The lowest BCUT2D eigenvalue weighted by molar-refractivity contribution is 0.282. The molecule has 2 nitrogen and oxygen atoms in total. The van der Waals surface area contributed by atoms with Crippen molar-refractivity contribution in [3.63, 3.8) is 0 Å². The van der Waals surface area contributed by atoms with Gasteiger partial charge in [0.25, 0.3) is 0 Å². The summed E-state index contributed by atoms with van der Waals surface area (Å²) in [5.41, 5.74) is 1.35. The Kier molecular flexibility index (Phi) is 4.44. The summed E-state index contributed by atoms with van der Waals surface area (Å²) in [7, 11) is 1.75. The summed E-state index contributed by atoms with van der Waals surface area (Å²) < 4.78 is 6.67. The lowest BCUT2D eigenvalue weighted by Crippen LogP contribution is -2.39. The van der Waals surface area contributed by atoms with Gasteiger partial charge >= 0.3 is 0 Å². The van der Waals surface area contributed by atoms with Crippen molar-refractivity contribution in [1.82, 2.24) is 5.32 Å². The third-order valence-electron chi connectivity index (χ3n) is 3.96. The molecule has 0 unspecified atom stereocenters. The number of nitrogens with one attached hydrogen (secondary N) is 1. The van der Waals surface area contributed by atoms with Crippen LogP contribution in [0.25, 0.3) is 0 Å². The van der Waals surface area contributed by atoms with E-state index in [-0.39, 0.29) is 0 Å². The van der Waals surface area contributed by atoms with E-state index in [1.807, 2.05) is 6.07 Å². The molecule has 0 radical (unpaired) electrons. The number of halogens is 1. The van der Waals surface area contributed by atoms with Crippen LogP contribution in [0, 0.1) is 0 Å². The van der Waals surface area contributed by atoms with E-state index >= 15 is 0 Å². The first-order valence-corrected chi connectivity index (χ1v) is 8.53. The molecule has 0 atom stereocenters. The topological polar surface area (TPSA) is 21.3 Å². The minimum Gasteiger partial charge on any atom is -0.496 e. The molecule has 3 rings (SSSR count). The number of thiophene rings is 1. The van der Waals surface area contributed by atoms with Crippen molar-refractivity contribution < 1.29 is 4.74 Å². The van der Waals surface area contributed by atoms with Gasteiger partial charge in [0.1, 0.15) is 5.75 Å².